The summed E-state index contributed by atoms with van der Waals surface area (Å²) in [5.74, 6) is 0.788. The van der Waals surface area contributed by atoms with E-state index in [-0.39, 0.29) is 19.2 Å². The zero-order chi connectivity index (χ0) is 10.8. The van der Waals surface area contributed by atoms with Gasteiger partial charge in [0.15, 0.2) is 11.5 Å². The van der Waals surface area contributed by atoms with Crippen LogP contribution in [0.2, 0.25) is 0 Å². The predicted molar refractivity (Wildman–Crippen MR) is 58.8 cm³/mol. The molecule has 0 aliphatic carbocycles. The minimum atomic E-state index is -0.788. The molecule has 0 spiro atoms. The monoisotopic (exact) mass is 245 g/mol. The van der Waals surface area contributed by atoms with Crippen LogP contribution in [-0.4, -0.2) is 19.9 Å². The number of hydrogen-bond acceptors (Lipinski definition) is 5. The number of benzene rings is 1. The summed E-state index contributed by atoms with van der Waals surface area (Å²) in [6, 6.07) is 4.34. The lowest BCUT2D eigenvalue weighted by atomic mass is 10.1. The van der Waals surface area contributed by atoms with Gasteiger partial charge in [-0.1, -0.05) is 6.07 Å². The van der Waals surface area contributed by atoms with Crippen molar-refractivity contribution in [3.05, 3.63) is 23.8 Å². The molecular formula is C10H12ClNO4. The summed E-state index contributed by atoms with van der Waals surface area (Å²) in [5, 5.41) is 0. The molecule has 0 amide bonds. The first kappa shape index (κ1) is 12.6. The molecule has 16 heavy (non-hydrogen) atoms. The van der Waals surface area contributed by atoms with Crippen molar-refractivity contribution < 1.29 is 19.0 Å². The average Bonchev–Trinajstić information content (AvgIpc) is 2.73. The second-order valence-electron chi connectivity index (χ2n) is 3.11. The van der Waals surface area contributed by atoms with E-state index in [2.05, 4.69) is 4.74 Å². The second kappa shape index (κ2) is 5.05. The Morgan fingerprint density at radius 1 is 1.44 bits per heavy atom. The zero-order valence-corrected chi connectivity index (χ0v) is 9.45. The van der Waals surface area contributed by atoms with Gasteiger partial charge >= 0.3 is 5.97 Å². The van der Waals surface area contributed by atoms with Gasteiger partial charge < -0.3 is 19.9 Å². The van der Waals surface area contributed by atoms with Gasteiger partial charge in [-0.25, -0.2) is 0 Å². The van der Waals surface area contributed by atoms with Gasteiger partial charge in [-0.3, -0.25) is 4.79 Å². The number of ether oxygens (including phenoxy) is 3. The summed E-state index contributed by atoms with van der Waals surface area (Å²) < 4.78 is 14.9. The van der Waals surface area contributed by atoms with E-state index in [4.69, 9.17) is 15.2 Å². The van der Waals surface area contributed by atoms with Gasteiger partial charge in [-0.15, -0.1) is 12.4 Å². The standard InChI is InChI=1S/C10H11NO4.ClH/c1-13-10(12)9(11)6-2-3-7-8(4-6)15-5-14-7;/h2-4,9H,5,11H2,1H3;1H/t9-;/m1./s1. The maximum Gasteiger partial charge on any atom is 0.327 e. The number of rotatable bonds is 2. The van der Waals surface area contributed by atoms with Crippen LogP contribution in [0.15, 0.2) is 18.2 Å². The van der Waals surface area contributed by atoms with Crippen LogP contribution in [0.25, 0.3) is 0 Å². The summed E-state index contributed by atoms with van der Waals surface area (Å²) in [6.07, 6.45) is 0. The fourth-order valence-electron chi connectivity index (χ4n) is 1.37. The molecule has 1 aromatic rings. The summed E-state index contributed by atoms with van der Waals surface area (Å²) in [4.78, 5) is 11.2. The fourth-order valence-corrected chi connectivity index (χ4v) is 1.37. The largest absolute Gasteiger partial charge is 0.468 e. The van der Waals surface area contributed by atoms with E-state index in [0.717, 1.165) is 0 Å². The lowest BCUT2D eigenvalue weighted by molar-refractivity contribution is -0.142. The third-order valence-electron chi connectivity index (χ3n) is 2.21. The number of hydrogen-bond donors (Lipinski definition) is 1. The number of fused-ring (bicyclic) bond motifs is 1. The van der Waals surface area contributed by atoms with Gasteiger partial charge in [0, 0.05) is 0 Å². The molecule has 0 bridgehead atoms. The van der Waals surface area contributed by atoms with E-state index >= 15 is 0 Å². The molecule has 2 N–H and O–H groups in total. The van der Waals surface area contributed by atoms with Crippen molar-refractivity contribution in [1.82, 2.24) is 0 Å². The number of esters is 1. The Morgan fingerprint density at radius 3 is 2.81 bits per heavy atom. The van der Waals surface area contributed by atoms with Gasteiger partial charge in [0.1, 0.15) is 6.04 Å². The normalized spacial score (nSPS) is 13.9. The van der Waals surface area contributed by atoms with Crippen LogP contribution < -0.4 is 15.2 Å². The van der Waals surface area contributed by atoms with Crippen molar-refractivity contribution in [1.29, 1.82) is 0 Å². The van der Waals surface area contributed by atoms with Crippen LogP contribution in [0.1, 0.15) is 11.6 Å². The molecule has 6 heteroatoms. The Labute approximate surface area is 98.9 Å². The summed E-state index contributed by atoms with van der Waals surface area (Å²) >= 11 is 0. The van der Waals surface area contributed by atoms with Crippen LogP contribution >= 0.6 is 12.4 Å². The molecule has 0 saturated heterocycles. The van der Waals surface area contributed by atoms with Crippen LogP contribution in [0.3, 0.4) is 0 Å². The predicted octanol–water partition coefficient (Wildman–Crippen LogP) is 1.01. The number of carbonyl (C=O) groups excluding carboxylic acids is 1. The van der Waals surface area contributed by atoms with Crippen LogP contribution in [0.4, 0.5) is 0 Å². The lowest BCUT2D eigenvalue weighted by Gasteiger charge is -2.09. The van der Waals surface area contributed by atoms with E-state index < -0.39 is 12.0 Å². The average molecular weight is 246 g/mol. The van der Waals surface area contributed by atoms with Crippen LogP contribution in [0, 0.1) is 0 Å². The molecule has 0 unspecified atom stereocenters. The highest BCUT2D eigenvalue weighted by atomic mass is 35.5. The first-order valence-electron chi connectivity index (χ1n) is 4.45. The molecule has 1 aliphatic heterocycles. The summed E-state index contributed by atoms with van der Waals surface area (Å²) in [6.45, 7) is 0.201. The van der Waals surface area contributed by atoms with Gasteiger partial charge in [0.05, 0.1) is 7.11 Å². The van der Waals surface area contributed by atoms with E-state index in [9.17, 15) is 4.79 Å². The highest BCUT2D eigenvalue weighted by Crippen LogP contribution is 2.33. The van der Waals surface area contributed by atoms with E-state index in [0.29, 0.717) is 17.1 Å². The van der Waals surface area contributed by atoms with E-state index in [1.54, 1.807) is 18.2 Å². The SMILES string of the molecule is COC(=O)[C@H](N)c1ccc2c(c1)OCO2.Cl. The Bertz CT molecular complexity index is 396. The van der Waals surface area contributed by atoms with Crippen molar-refractivity contribution in [2.75, 3.05) is 13.9 Å². The topological polar surface area (TPSA) is 70.8 Å². The number of halogens is 1. The molecule has 5 nitrogen and oxygen atoms in total. The smallest absolute Gasteiger partial charge is 0.327 e. The first-order chi connectivity index (χ1) is 7.22. The molecule has 1 aliphatic rings. The van der Waals surface area contributed by atoms with Crippen molar-refractivity contribution >= 4 is 18.4 Å². The number of carbonyl (C=O) groups is 1. The molecule has 88 valence electrons. The third kappa shape index (κ3) is 2.20. The fraction of sp³-hybridized carbons (Fsp3) is 0.300. The molecule has 0 aromatic heterocycles. The number of methoxy groups -OCH3 is 1. The highest BCUT2D eigenvalue weighted by molar-refractivity contribution is 5.85. The lowest BCUT2D eigenvalue weighted by Crippen LogP contribution is -2.22. The van der Waals surface area contributed by atoms with Crippen molar-refractivity contribution in [2.45, 2.75) is 6.04 Å². The Balaban J connectivity index is 0.00000128. The van der Waals surface area contributed by atoms with E-state index in [1.165, 1.54) is 7.11 Å². The maximum absolute atomic E-state index is 11.2. The third-order valence-corrected chi connectivity index (χ3v) is 2.21. The number of nitrogens with two attached hydrogens (primary N) is 1. The van der Waals surface area contributed by atoms with Gasteiger partial charge in [-0.05, 0) is 17.7 Å². The van der Waals surface area contributed by atoms with Crippen LogP contribution in [-0.2, 0) is 9.53 Å². The molecule has 0 fully saturated rings. The molecule has 1 atom stereocenters. The first-order valence-corrected chi connectivity index (χ1v) is 4.45. The second-order valence-corrected chi connectivity index (χ2v) is 3.11. The molecule has 1 heterocycles. The van der Waals surface area contributed by atoms with Gasteiger partial charge in [0.25, 0.3) is 0 Å². The van der Waals surface area contributed by atoms with Gasteiger partial charge in [-0.2, -0.15) is 0 Å². The summed E-state index contributed by atoms with van der Waals surface area (Å²) in [7, 11) is 1.30. The molecular weight excluding hydrogens is 234 g/mol. The highest BCUT2D eigenvalue weighted by Gasteiger charge is 2.20. The van der Waals surface area contributed by atoms with Gasteiger partial charge in [0.2, 0.25) is 6.79 Å². The molecule has 1 aromatic carbocycles. The Hall–Kier alpha value is -1.46. The Morgan fingerprint density at radius 2 is 2.12 bits per heavy atom. The van der Waals surface area contributed by atoms with E-state index in [1.807, 2.05) is 0 Å². The minimum absolute atomic E-state index is 0. The van der Waals surface area contributed by atoms with Crippen molar-refractivity contribution in [3.63, 3.8) is 0 Å². The maximum atomic E-state index is 11.2. The molecule has 0 saturated carbocycles. The molecule has 2 rings (SSSR count). The minimum Gasteiger partial charge on any atom is -0.468 e. The Kier molecular flexibility index (Phi) is 3.98. The van der Waals surface area contributed by atoms with Crippen molar-refractivity contribution in [3.8, 4) is 11.5 Å². The summed E-state index contributed by atoms with van der Waals surface area (Å²) in [5.41, 5.74) is 6.32. The molecule has 0 radical (unpaired) electrons. The van der Waals surface area contributed by atoms with Crippen molar-refractivity contribution in [2.24, 2.45) is 5.73 Å². The quantitative estimate of drug-likeness (QED) is 0.788. The van der Waals surface area contributed by atoms with Crippen LogP contribution in [0.5, 0.6) is 11.5 Å². The zero-order valence-electron chi connectivity index (χ0n) is 8.64.